The summed E-state index contributed by atoms with van der Waals surface area (Å²) in [6, 6.07) is 0. The van der Waals surface area contributed by atoms with Crippen LogP contribution in [0, 0.1) is 25.7 Å². The third kappa shape index (κ3) is 4.84. The number of β-lactam (4-membered cyclic amide) rings is 4. The van der Waals surface area contributed by atoms with Gasteiger partial charge in [-0.3, -0.25) is 24.1 Å². The van der Waals surface area contributed by atoms with Crippen molar-refractivity contribution in [1.82, 2.24) is 10.2 Å². The number of carbonyl (C=O) groups is 8. The summed E-state index contributed by atoms with van der Waals surface area (Å²) in [4.78, 5) is 86.5. The number of carboxylic acid groups (broad SMARTS) is 1. The van der Waals surface area contributed by atoms with Gasteiger partial charge in [0, 0.05) is 79.5 Å². The first-order valence-electron chi connectivity index (χ1n) is 6.27. The van der Waals surface area contributed by atoms with Crippen molar-refractivity contribution in [2.45, 2.75) is 0 Å². The predicted molar refractivity (Wildman–Crippen MR) is 85.9 cm³/mol. The van der Waals surface area contributed by atoms with Gasteiger partial charge in [-0.15, -0.1) is 0 Å². The molecule has 1 atom stereocenters. The molecule has 2 fully saturated rings. The summed E-state index contributed by atoms with van der Waals surface area (Å²) in [6.45, 7) is 0. The van der Waals surface area contributed by atoms with Crippen LogP contribution in [0.25, 0.3) is 11.1 Å². The zero-order chi connectivity index (χ0) is 19.7. The van der Waals surface area contributed by atoms with Gasteiger partial charge in [-0.1, -0.05) is 0 Å². The Hall–Kier alpha value is -1.43. The first-order valence-corrected chi connectivity index (χ1v) is 6.27. The fourth-order valence-electron chi connectivity index (χ4n) is 1.95. The smallest absolute Gasteiger partial charge is 0.332 e. The molecule has 2 radical (unpaired) electrons. The van der Waals surface area contributed by atoms with Crippen molar-refractivity contribution in [3.63, 3.8) is 0 Å². The molecule has 2 rings (SSSR count). The number of rotatable bonds is 4. The molecule has 0 aromatic heterocycles. The van der Waals surface area contributed by atoms with E-state index in [4.69, 9.17) is 10.8 Å². The molecular weight excluding hydrogens is 546 g/mol. The molecule has 1 unspecified atom stereocenters. The number of nitrogens with zero attached hydrogens (tertiary/aromatic N) is 2. The molecule has 29 heavy (non-hydrogen) atoms. The fourth-order valence-corrected chi connectivity index (χ4v) is 1.95. The summed E-state index contributed by atoms with van der Waals surface area (Å²) in [6.07, 6.45) is -0.358. The minimum absolute atomic E-state index is 0. The minimum Gasteiger partial charge on any atom is -0.666 e. The molecule has 2 saturated heterocycles. The Kier molecular flexibility index (Phi) is 14.9. The Morgan fingerprint density at radius 1 is 1.10 bits per heavy atom. The zero-order valence-electron chi connectivity index (χ0n) is 15.8. The number of nitrogens with one attached hydrogen (secondary N) is 2. The summed E-state index contributed by atoms with van der Waals surface area (Å²) in [5.41, 5.74) is 1.55. The van der Waals surface area contributed by atoms with Gasteiger partial charge >= 0.3 is 5.97 Å². The molecular formula is C14H16N4O9Y2-4. The molecule has 13 nitrogen and oxygen atoms in total. The van der Waals surface area contributed by atoms with E-state index in [2.05, 4.69) is 5.32 Å². The summed E-state index contributed by atoms with van der Waals surface area (Å²) < 4.78 is 0. The largest absolute Gasteiger partial charge is 0.666 e. The van der Waals surface area contributed by atoms with E-state index >= 15 is 0 Å². The number of aliphatic carboxylic acids is 1. The first-order chi connectivity index (χ1) is 11.5. The molecule has 2 aliphatic rings. The Morgan fingerprint density at radius 2 is 1.48 bits per heavy atom. The van der Waals surface area contributed by atoms with Crippen LogP contribution in [0.4, 0.5) is 0 Å². The van der Waals surface area contributed by atoms with Crippen molar-refractivity contribution in [3.05, 3.63) is 25.9 Å². The molecule has 2 aliphatic heterocycles. The van der Waals surface area contributed by atoms with Crippen molar-refractivity contribution >= 4 is 47.7 Å². The second-order valence-corrected chi connectivity index (χ2v) is 4.78. The van der Waals surface area contributed by atoms with Crippen molar-refractivity contribution < 1.29 is 109 Å². The van der Waals surface area contributed by atoms with Crippen LogP contribution >= 0.6 is 0 Å². The third-order valence-corrected chi connectivity index (χ3v) is 3.55. The van der Waals surface area contributed by atoms with E-state index in [0.29, 0.717) is 0 Å². The molecule has 0 aromatic carbocycles. The Bertz CT molecular complexity index is 707. The van der Waals surface area contributed by atoms with Crippen LogP contribution in [-0.2, 0) is 104 Å². The molecule has 3 N–H and O–H groups in total. The molecule has 2 heterocycles. The van der Waals surface area contributed by atoms with Gasteiger partial charge in [0.15, 0.2) is 6.29 Å². The summed E-state index contributed by atoms with van der Waals surface area (Å²) in [5.74, 6) is -8.44. The van der Waals surface area contributed by atoms with E-state index in [0.717, 1.165) is 11.9 Å². The van der Waals surface area contributed by atoms with E-state index in [1.807, 2.05) is 5.32 Å². The van der Waals surface area contributed by atoms with Crippen LogP contribution in [-0.4, -0.2) is 71.8 Å². The number of aldehydes is 1. The number of hydrogen-bond acceptors (Lipinski definition) is 8. The van der Waals surface area contributed by atoms with Crippen LogP contribution in [0.2, 0.25) is 0 Å². The summed E-state index contributed by atoms with van der Waals surface area (Å²) in [5, 5.41) is 13.2. The first kappa shape index (κ1) is 35.0. The average Bonchev–Trinajstić information content (AvgIpc) is 2.55. The van der Waals surface area contributed by atoms with Gasteiger partial charge in [0.2, 0.25) is 10.8 Å². The van der Waals surface area contributed by atoms with Crippen molar-refractivity contribution in [2.24, 2.45) is 10.8 Å². The second-order valence-electron chi connectivity index (χ2n) is 4.78. The third-order valence-electron chi connectivity index (χ3n) is 3.55. The molecule has 1 spiro atoms. The monoisotopic (exact) mass is 562 g/mol. The maximum Gasteiger partial charge on any atom is 0.332 e. The van der Waals surface area contributed by atoms with Crippen molar-refractivity contribution in [3.8, 4) is 0 Å². The number of likely N-dealkylation sites (tertiary alicyclic amines) is 1. The maximum atomic E-state index is 11.0. The fraction of sp³-hybridized carbons (Fsp3) is 0.286. The standard InChI is InChI=1S/C6H8N2O5.C6H4N2O4.2CH3.2Y/c1-8-4(11)6(2-9,3(7)10)5(12)13;1-8-4(11)6(5(8)12)2(9)7-3(6)10;;;;/h2H,1H3,(H4,7,8,10,11,12,13);1H3,(H,7,9,10);2*1H3;;/q;;2*-1;;/p-2. The van der Waals surface area contributed by atoms with E-state index in [1.54, 1.807) is 0 Å². The van der Waals surface area contributed by atoms with Crippen LogP contribution in [0.5, 0.6) is 0 Å². The van der Waals surface area contributed by atoms with Gasteiger partial charge in [0.05, 0.1) is 17.7 Å². The van der Waals surface area contributed by atoms with Gasteiger partial charge in [0.1, 0.15) is 0 Å². The van der Waals surface area contributed by atoms with Gasteiger partial charge < -0.3 is 55.5 Å². The van der Waals surface area contributed by atoms with Crippen molar-refractivity contribution in [1.29, 1.82) is 0 Å². The molecule has 0 aromatic rings. The molecule has 0 saturated carbocycles. The molecule has 156 valence electrons. The average molecular weight is 562 g/mol. The van der Waals surface area contributed by atoms with E-state index in [9.17, 15) is 38.4 Å². The molecule has 0 bridgehead atoms. The topological polar surface area (TPSA) is 210 Å². The van der Waals surface area contributed by atoms with Crippen LogP contribution in [0.15, 0.2) is 0 Å². The number of amides is 6. The molecule has 6 amide bonds. The SMILES string of the molecule is CN1C(=O)C2(C(=O)[N-]C2=O)C1=O.CNC(=O)C(C=O)(C([NH-])=O)C(=O)O.[CH3-].[CH3-].[Y].[Y]. The van der Waals surface area contributed by atoms with Gasteiger partial charge in [-0.05, 0) is 0 Å². The van der Waals surface area contributed by atoms with E-state index in [-0.39, 0.29) is 86.6 Å². The summed E-state index contributed by atoms with van der Waals surface area (Å²) in [7, 11) is 2.28. The van der Waals surface area contributed by atoms with Gasteiger partial charge in [-0.25, -0.2) is 0 Å². The molecule has 0 aliphatic carbocycles. The van der Waals surface area contributed by atoms with Crippen LogP contribution < -0.4 is 5.32 Å². The van der Waals surface area contributed by atoms with Crippen LogP contribution in [0.1, 0.15) is 0 Å². The Morgan fingerprint density at radius 3 is 1.62 bits per heavy atom. The Labute approximate surface area is 216 Å². The van der Waals surface area contributed by atoms with Crippen molar-refractivity contribution in [2.75, 3.05) is 14.1 Å². The van der Waals surface area contributed by atoms with Crippen LogP contribution in [0.3, 0.4) is 0 Å². The van der Waals surface area contributed by atoms with Gasteiger partial charge in [-0.2, -0.15) is 0 Å². The molecule has 15 heteroatoms. The quantitative estimate of drug-likeness (QED) is 0.166. The summed E-state index contributed by atoms with van der Waals surface area (Å²) >= 11 is 0. The minimum atomic E-state index is -2.94. The van der Waals surface area contributed by atoms with Gasteiger partial charge in [0.25, 0.3) is 17.7 Å². The number of carboxylic acids is 1. The number of hydrogen-bond donors (Lipinski definition) is 2. The Balaban J connectivity index is -0.000000189. The predicted octanol–water partition coefficient (Wildman–Crippen LogP) is -2.11. The number of carbonyl (C=O) groups excluding carboxylic acids is 7. The van der Waals surface area contributed by atoms with E-state index < -0.39 is 52.2 Å². The normalized spacial score (nSPS) is 16.7. The van der Waals surface area contributed by atoms with E-state index in [1.165, 1.54) is 7.05 Å². The zero-order valence-corrected chi connectivity index (χ0v) is 21.5. The second kappa shape index (κ2) is 12.3. The number of imide groups is 2. The maximum absolute atomic E-state index is 11.0.